The molecule has 0 radical (unpaired) electrons. The largest absolute Gasteiger partial charge is 0.395 e. The average molecular weight is 260 g/mol. The van der Waals surface area contributed by atoms with E-state index < -0.39 is 0 Å². The Labute approximate surface area is 112 Å². The monoisotopic (exact) mass is 260 g/mol. The molecule has 0 amide bonds. The van der Waals surface area contributed by atoms with E-state index in [-0.39, 0.29) is 18.2 Å². The first kappa shape index (κ1) is 13.8. The van der Waals surface area contributed by atoms with Crippen LogP contribution in [0.3, 0.4) is 0 Å². The number of fused-ring (bicyclic) bond motifs is 1. The van der Waals surface area contributed by atoms with Crippen LogP contribution in [0.1, 0.15) is 18.1 Å². The highest BCUT2D eigenvalue weighted by molar-refractivity contribution is 5.80. The Balaban J connectivity index is 2.44. The summed E-state index contributed by atoms with van der Waals surface area (Å²) in [6.07, 6.45) is 0. The quantitative estimate of drug-likeness (QED) is 0.871. The number of aliphatic hydroxyl groups is 1. The Morgan fingerprint density at radius 3 is 2.79 bits per heavy atom. The second kappa shape index (κ2) is 5.55. The third-order valence-electron chi connectivity index (χ3n) is 3.37. The summed E-state index contributed by atoms with van der Waals surface area (Å²) in [4.78, 5) is 12.2. The lowest BCUT2D eigenvalue weighted by Gasteiger charge is -2.13. The zero-order chi connectivity index (χ0) is 14.0. The van der Waals surface area contributed by atoms with Gasteiger partial charge in [0.2, 0.25) is 0 Å². The molecule has 1 heterocycles. The first-order chi connectivity index (χ1) is 9.02. The number of pyridine rings is 1. The van der Waals surface area contributed by atoms with Gasteiger partial charge in [-0.05, 0) is 37.4 Å². The first-order valence-corrected chi connectivity index (χ1v) is 6.46. The van der Waals surface area contributed by atoms with E-state index in [1.54, 1.807) is 11.6 Å². The van der Waals surface area contributed by atoms with Gasteiger partial charge in [0.25, 0.3) is 5.56 Å². The smallest absolute Gasteiger partial charge is 0.255 e. The highest BCUT2D eigenvalue weighted by Crippen LogP contribution is 2.15. The minimum absolute atomic E-state index is 0.00833. The minimum atomic E-state index is -0.0158. The van der Waals surface area contributed by atoms with Gasteiger partial charge in [0.05, 0.1) is 12.1 Å². The molecule has 0 bridgehead atoms. The zero-order valence-electron chi connectivity index (χ0n) is 11.6. The van der Waals surface area contributed by atoms with E-state index >= 15 is 0 Å². The van der Waals surface area contributed by atoms with Gasteiger partial charge in [0.1, 0.15) is 0 Å². The van der Waals surface area contributed by atoms with E-state index in [0.29, 0.717) is 6.54 Å². The molecule has 2 N–H and O–H groups in total. The van der Waals surface area contributed by atoms with Crippen LogP contribution in [0, 0.1) is 6.92 Å². The van der Waals surface area contributed by atoms with Gasteiger partial charge in [-0.3, -0.25) is 4.79 Å². The Kier molecular flexibility index (Phi) is 4.02. The summed E-state index contributed by atoms with van der Waals surface area (Å²) in [5.74, 6) is 0. The van der Waals surface area contributed by atoms with E-state index in [1.165, 1.54) is 5.56 Å². The van der Waals surface area contributed by atoms with E-state index in [4.69, 9.17) is 5.11 Å². The van der Waals surface area contributed by atoms with Crippen LogP contribution in [-0.4, -0.2) is 22.3 Å². The fraction of sp³-hybridized carbons (Fsp3) is 0.400. The molecule has 1 atom stereocenters. The molecule has 19 heavy (non-hydrogen) atoms. The summed E-state index contributed by atoms with van der Waals surface area (Å²) < 4.78 is 1.68. The summed E-state index contributed by atoms with van der Waals surface area (Å²) in [5, 5.41) is 13.2. The summed E-state index contributed by atoms with van der Waals surface area (Å²) in [6, 6.07) is 7.97. The molecule has 0 saturated heterocycles. The Morgan fingerprint density at radius 2 is 2.11 bits per heavy atom. The Morgan fingerprint density at radius 1 is 1.37 bits per heavy atom. The molecule has 1 aromatic carbocycles. The maximum Gasteiger partial charge on any atom is 0.255 e. The molecule has 4 nitrogen and oxygen atoms in total. The van der Waals surface area contributed by atoms with Gasteiger partial charge in [-0.2, -0.15) is 0 Å². The normalized spacial score (nSPS) is 12.8. The summed E-state index contributed by atoms with van der Waals surface area (Å²) in [7, 11) is 1.79. The van der Waals surface area contributed by atoms with Gasteiger partial charge in [-0.15, -0.1) is 0 Å². The van der Waals surface area contributed by atoms with Crippen molar-refractivity contribution in [1.29, 1.82) is 0 Å². The standard InChI is InChI=1S/C15H20N2O2/c1-10-4-5-14-12(6-10)7-13(15(19)17(14)3)8-16-11(2)9-18/h4-7,11,16,18H,8-9H2,1-3H3. The van der Waals surface area contributed by atoms with Crippen LogP contribution in [0.5, 0.6) is 0 Å². The minimum Gasteiger partial charge on any atom is -0.395 e. The summed E-state index contributed by atoms with van der Waals surface area (Å²) >= 11 is 0. The van der Waals surface area contributed by atoms with E-state index in [9.17, 15) is 4.79 Å². The van der Waals surface area contributed by atoms with Crippen molar-refractivity contribution < 1.29 is 5.11 Å². The molecular weight excluding hydrogens is 240 g/mol. The lowest BCUT2D eigenvalue weighted by molar-refractivity contribution is 0.251. The van der Waals surface area contributed by atoms with Crippen molar-refractivity contribution in [2.45, 2.75) is 26.4 Å². The molecule has 2 aromatic rings. The van der Waals surface area contributed by atoms with Crippen molar-refractivity contribution in [3.63, 3.8) is 0 Å². The van der Waals surface area contributed by atoms with Crippen LogP contribution in [0.2, 0.25) is 0 Å². The molecule has 0 spiro atoms. The second-order valence-corrected chi connectivity index (χ2v) is 5.06. The predicted octanol–water partition coefficient (Wildman–Crippen LogP) is 1.32. The molecule has 0 saturated carbocycles. The maximum absolute atomic E-state index is 12.2. The van der Waals surface area contributed by atoms with Crippen molar-refractivity contribution in [2.75, 3.05) is 6.61 Å². The van der Waals surface area contributed by atoms with Crippen molar-refractivity contribution in [1.82, 2.24) is 9.88 Å². The number of benzene rings is 1. The Hall–Kier alpha value is -1.65. The molecule has 4 heteroatoms. The summed E-state index contributed by atoms with van der Waals surface area (Å²) in [5.41, 5.74) is 2.85. The number of nitrogens with one attached hydrogen (secondary N) is 1. The molecule has 0 aliphatic heterocycles. The van der Waals surface area contributed by atoms with Crippen LogP contribution < -0.4 is 10.9 Å². The van der Waals surface area contributed by atoms with E-state index in [1.807, 2.05) is 32.0 Å². The van der Waals surface area contributed by atoms with Crippen LogP contribution in [0.25, 0.3) is 10.9 Å². The van der Waals surface area contributed by atoms with Gasteiger partial charge in [0, 0.05) is 25.2 Å². The number of rotatable bonds is 4. The van der Waals surface area contributed by atoms with Gasteiger partial charge in [-0.1, -0.05) is 11.6 Å². The number of hydrogen-bond acceptors (Lipinski definition) is 3. The van der Waals surface area contributed by atoms with Crippen molar-refractivity contribution in [3.05, 3.63) is 45.7 Å². The Bertz CT molecular complexity index is 646. The lowest BCUT2D eigenvalue weighted by atomic mass is 10.1. The van der Waals surface area contributed by atoms with Gasteiger partial charge >= 0.3 is 0 Å². The molecule has 1 aromatic heterocycles. The van der Waals surface area contributed by atoms with Crippen molar-refractivity contribution >= 4 is 10.9 Å². The predicted molar refractivity (Wildman–Crippen MR) is 77.3 cm³/mol. The molecule has 1 unspecified atom stereocenters. The average Bonchev–Trinajstić information content (AvgIpc) is 2.40. The fourth-order valence-electron chi connectivity index (χ4n) is 2.14. The van der Waals surface area contributed by atoms with Crippen molar-refractivity contribution in [3.8, 4) is 0 Å². The number of aryl methyl sites for hydroxylation is 2. The van der Waals surface area contributed by atoms with Gasteiger partial charge in [-0.25, -0.2) is 0 Å². The van der Waals surface area contributed by atoms with Crippen LogP contribution >= 0.6 is 0 Å². The highest BCUT2D eigenvalue weighted by atomic mass is 16.3. The van der Waals surface area contributed by atoms with Gasteiger partial charge in [0.15, 0.2) is 0 Å². The third-order valence-corrected chi connectivity index (χ3v) is 3.37. The molecule has 0 aliphatic rings. The molecule has 2 rings (SSSR count). The zero-order valence-corrected chi connectivity index (χ0v) is 11.6. The molecule has 0 fully saturated rings. The number of nitrogens with zero attached hydrogens (tertiary/aromatic N) is 1. The van der Waals surface area contributed by atoms with Crippen LogP contribution in [0.4, 0.5) is 0 Å². The second-order valence-electron chi connectivity index (χ2n) is 5.06. The number of hydrogen-bond donors (Lipinski definition) is 2. The maximum atomic E-state index is 12.2. The lowest BCUT2D eigenvalue weighted by Crippen LogP contribution is -2.32. The SMILES string of the molecule is Cc1ccc2c(c1)cc(CNC(C)CO)c(=O)n2C. The van der Waals surface area contributed by atoms with Crippen LogP contribution in [-0.2, 0) is 13.6 Å². The topological polar surface area (TPSA) is 54.3 Å². The third kappa shape index (κ3) is 2.85. The molecule has 0 aliphatic carbocycles. The van der Waals surface area contributed by atoms with Gasteiger partial charge < -0.3 is 15.0 Å². The highest BCUT2D eigenvalue weighted by Gasteiger charge is 2.08. The fourth-order valence-corrected chi connectivity index (χ4v) is 2.14. The molecule has 102 valence electrons. The molecular formula is C15H20N2O2. The first-order valence-electron chi connectivity index (χ1n) is 6.46. The number of aromatic nitrogens is 1. The van der Waals surface area contributed by atoms with E-state index in [2.05, 4.69) is 11.4 Å². The van der Waals surface area contributed by atoms with Crippen molar-refractivity contribution in [2.24, 2.45) is 7.05 Å². The summed E-state index contributed by atoms with van der Waals surface area (Å²) in [6.45, 7) is 4.46. The van der Waals surface area contributed by atoms with E-state index in [0.717, 1.165) is 16.5 Å². The number of aliphatic hydroxyl groups excluding tert-OH is 1. The van der Waals surface area contributed by atoms with Crippen LogP contribution in [0.15, 0.2) is 29.1 Å².